The number of benzene rings is 1. The quantitative estimate of drug-likeness (QED) is 0.629. The van der Waals surface area contributed by atoms with Gasteiger partial charge in [-0.05, 0) is 41.8 Å². The maximum Gasteiger partial charge on any atom is 0.251 e. The first-order chi connectivity index (χ1) is 12.8. The van der Waals surface area contributed by atoms with Gasteiger partial charge < -0.3 is 18.8 Å². The smallest absolute Gasteiger partial charge is 0.251 e. The van der Waals surface area contributed by atoms with Crippen molar-refractivity contribution in [1.29, 1.82) is 0 Å². The summed E-state index contributed by atoms with van der Waals surface area (Å²) in [6.07, 6.45) is 4.76. The third kappa shape index (κ3) is 3.65. The fraction of sp³-hybridized carbons (Fsp3) is 0.150. The average Bonchev–Trinajstić information content (AvgIpc) is 3.37. The van der Waals surface area contributed by atoms with Gasteiger partial charge in [0.1, 0.15) is 19.0 Å². The van der Waals surface area contributed by atoms with Crippen molar-refractivity contribution in [1.82, 2.24) is 0 Å². The number of hydrogen-bond donors (Lipinski definition) is 0. The molecule has 6 heteroatoms. The van der Waals surface area contributed by atoms with E-state index < -0.39 is 0 Å². The molecule has 4 rings (SSSR count). The highest BCUT2D eigenvalue weighted by molar-refractivity contribution is 7.09. The molecule has 0 N–H and O–H groups in total. The van der Waals surface area contributed by atoms with Crippen molar-refractivity contribution < 1.29 is 18.7 Å². The summed E-state index contributed by atoms with van der Waals surface area (Å²) >= 11 is 1.62. The van der Waals surface area contributed by atoms with Crippen molar-refractivity contribution in [3.05, 3.63) is 70.8 Å². The maximum absolute atomic E-state index is 12.9. The number of anilines is 1. The van der Waals surface area contributed by atoms with Gasteiger partial charge in [-0.15, -0.1) is 11.3 Å². The molecule has 0 saturated heterocycles. The van der Waals surface area contributed by atoms with E-state index in [2.05, 4.69) is 0 Å². The minimum Gasteiger partial charge on any atom is -0.486 e. The van der Waals surface area contributed by atoms with Gasteiger partial charge in [0, 0.05) is 22.7 Å². The van der Waals surface area contributed by atoms with Gasteiger partial charge in [0.2, 0.25) is 0 Å². The molecule has 132 valence electrons. The molecule has 1 aliphatic rings. The lowest BCUT2D eigenvalue weighted by molar-refractivity contribution is -0.114. The Balaban J connectivity index is 1.63. The third-order valence-electron chi connectivity index (χ3n) is 3.93. The highest BCUT2D eigenvalue weighted by Crippen LogP contribution is 2.34. The number of furan rings is 1. The van der Waals surface area contributed by atoms with Crippen molar-refractivity contribution in [2.45, 2.75) is 6.54 Å². The molecule has 1 aliphatic heterocycles. The number of thiophene rings is 1. The molecule has 26 heavy (non-hydrogen) atoms. The molecule has 0 bridgehead atoms. The number of fused-ring (bicyclic) bond motifs is 1. The Morgan fingerprint density at radius 2 is 2.00 bits per heavy atom. The number of rotatable bonds is 5. The Labute approximate surface area is 155 Å². The largest absolute Gasteiger partial charge is 0.486 e. The third-order valence-corrected chi connectivity index (χ3v) is 4.79. The summed E-state index contributed by atoms with van der Waals surface area (Å²) in [6.45, 7) is 1.53. The number of carbonyl (C=O) groups is 1. The van der Waals surface area contributed by atoms with Crippen LogP contribution in [0.15, 0.2) is 64.6 Å². The summed E-state index contributed by atoms with van der Waals surface area (Å²) in [7, 11) is 0. The van der Waals surface area contributed by atoms with Gasteiger partial charge in [-0.1, -0.05) is 6.07 Å². The molecular weight excluding hydrogens is 350 g/mol. The zero-order valence-corrected chi connectivity index (χ0v) is 14.8. The zero-order chi connectivity index (χ0) is 17.8. The van der Waals surface area contributed by atoms with Gasteiger partial charge >= 0.3 is 0 Å². The van der Waals surface area contributed by atoms with E-state index in [0.717, 1.165) is 10.6 Å². The molecule has 0 atom stereocenters. The first kappa shape index (κ1) is 16.5. The topological polar surface area (TPSA) is 51.9 Å². The van der Waals surface area contributed by atoms with Gasteiger partial charge in [-0.25, -0.2) is 0 Å². The van der Waals surface area contributed by atoms with Crippen LogP contribution in [0.2, 0.25) is 0 Å². The van der Waals surface area contributed by atoms with Gasteiger partial charge in [-0.3, -0.25) is 4.79 Å². The van der Waals surface area contributed by atoms with E-state index in [4.69, 9.17) is 13.9 Å². The number of nitrogens with zero attached hydrogens (tertiary/aromatic N) is 1. The fourth-order valence-corrected chi connectivity index (χ4v) is 3.38. The molecule has 0 unspecified atom stereocenters. The van der Waals surface area contributed by atoms with Crippen molar-refractivity contribution in [3.63, 3.8) is 0 Å². The molecule has 0 fully saturated rings. The second-order valence-electron chi connectivity index (χ2n) is 5.68. The minimum absolute atomic E-state index is 0.133. The monoisotopic (exact) mass is 367 g/mol. The molecule has 3 heterocycles. The van der Waals surface area contributed by atoms with E-state index in [1.54, 1.807) is 40.7 Å². The minimum atomic E-state index is -0.133. The van der Waals surface area contributed by atoms with Crippen molar-refractivity contribution >= 4 is 29.0 Å². The van der Waals surface area contributed by atoms with Gasteiger partial charge in [0.25, 0.3) is 5.91 Å². The predicted molar refractivity (Wildman–Crippen MR) is 101 cm³/mol. The molecule has 1 aromatic carbocycles. The number of carbonyl (C=O) groups excluding carboxylic acids is 1. The number of ether oxygens (including phenoxy) is 2. The highest BCUT2D eigenvalue weighted by atomic mass is 32.1. The Morgan fingerprint density at radius 1 is 1.12 bits per heavy atom. The zero-order valence-electron chi connectivity index (χ0n) is 14.0. The van der Waals surface area contributed by atoms with E-state index in [0.29, 0.717) is 37.0 Å². The summed E-state index contributed by atoms with van der Waals surface area (Å²) in [5, 5.41) is 2.00. The van der Waals surface area contributed by atoms with Crippen LogP contribution in [0.5, 0.6) is 11.5 Å². The van der Waals surface area contributed by atoms with Gasteiger partial charge in [-0.2, -0.15) is 0 Å². The average molecular weight is 367 g/mol. The standard InChI is InChI=1S/C20H17NO4S/c22-20(8-6-16-3-1-9-23-16)21(14-17-4-2-12-26-17)15-5-7-18-19(13-15)25-11-10-24-18/h1-9,12-13H,10-11,14H2/b8-6+. The summed E-state index contributed by atoms with van der Waals surface area (Å²) in [4.78, 5) is 15.7. The molecule has 1 amide bonds. The van der Waals surface area contributed by atoms with Crippen molar-refractivity contribution in [2.24, 2.45) is 0 Å². The van der Waals surface area contributed by atoms with Crippen LogP contribution in [-0.2, 0) is 11.3 Å². The van der Waals surface area contributed by atoms with Crippen LogP contribution in [0.3, 0.4) is 0 Å². The van der Waals surface area contributed by atoms with Crippen molar-refractivity contribution in [2.75, 3.05) is 18.1 Å². The number of amides is 1. The van der Waals surface area contributed by atoms with Crippen LogP contribution < -0.4 is 14.4 Å². The van der Waals surface area contributed by atoms with E-state index in [9.17, 15) is 4.79 Å². The Bertz CT molecular complexity index is 900. The summed E-state index contributed by atoms with van der Waals surface area (Å²) in [5.74, 6) is 1.87. The predicted octanol–water partition coefficient (Wildman–Crippen LogP) is 4.36. The van der Waals surface area contributed by atoms with E-state index >= 15 is 0 Å². The normalized spacial score (nSPS) is 13.1. The second kappa shape index (κ2) is 7.49. The molecule has 0 aliphatic carbocycles. The van der Waals surface area contributed by atoms with Crippen LogP contribution in [0.1, 0.15) is 10.6 Å². The van der Waals surface area contributed by atoms with Crippen LogP contribution in [-0.4, -0.2) is 19.1 Å². The first-order valence-electron chi connectivity index (χ1n) is 8.25. The Kier molecular flexibility index (Phi) is 4.75. The summed E-state index contributed by atoms with van der Waals surface area (Å²) in [5.41, 5.74) is 0.761. The maximum atomic E-state index is 12.9. The van der Waals surface area contributed by atoms with Crippen molar-refractivity contribution in [3.8, 4) is 11.5 Å². The Morgan fingerprint density at radius 3 is 2.77 bits per heavy atom. The Hall–Kier alpha value is -2.99. The van der Waals surface area contributed by atoms with E-state index in [-0.39, 0.29) is 5.91 Å². The SMILES string of the molecule is O=C(/C=C/c1ccco1)N(Cc1cccs1)c1ccc2c(c1)OCCO2. The van der Waals surface area contributed by atoms with Crippen LogP contribution >= 0.6 is 11.3 Å². The molecule has 2 aromatic heterocycles. The summed E-state index contributed by atoms with van der Waals surface area (Å²) < 4.78 is 16.5. The lowest BCUT2D eigenvalue weighted by atomic mass is 10.2. The summed E-state index contributed by atoms with van der Waals surface area (Å²) in [6, 6.07) is 13.1. The molecule has 0 radical (unpaired) electrons. The van der Waals surface area contributed by atoms with Gasteiger partial charge in [0.05, 0.1) is 12.8 Å². The fourth-order valence-electron chi connectivity index (χ4n) is 2.68. The van der Waals surface area contributed by atoms with E-state index in [1.165, 1.54) is 6.08 Å². The first-order valence-corrected chi connectivity index (χ1v) is 9.13. The van der Waals surface area contributed by atoms with Crippen LogP contribution in [0.25, 0.3) is 6.08 Å². The van der Waals surface area contributed by atoms with Crippen LogP contribution in [0.4, 0.5) is 5.69 Å². The van der Waals surface area contributed by atoms with Gasteiger partial charge in [0.15, 0.2) is 11.5 Å². The molecule has 3 aromatic rings. The second-order valence-corrected chi connectivity index (χ2v) is 6.71. The lowest BCUT2D eigenvalue weighted by Gasteiger charge is -2.24. The molecule has 5 nitrogen and oxygen atoms in total. The lowest BCUT2D eigenvalue weighted by Crippen LogP contribution is -2.28. The molecular formula is C20H17NO4S. The highest BCUT2D eigenvalue weighted by Gasteiger charge is 2.19. The molecule has 0 spiro atoms. The van der Waals surface area contributed by atoms with Crippen LogP contribution in [0, 0.1) is 0 Å². The molecule has 0 saturated carbocycles. The number of hydrogen-bond acceptors (Lipinski definition) is 5. The van der Waals surface area contributed by atoms with E-state index in [1.807, 2.05) is 35.7 Å².